The Hall–Kier alpha value is -3.10. The molecule has 7 nitrogen and oxygen atoms in total. The summed E-state index contributed by atoms with van der Waals surface area (Å²) in [5.74, 6) is -2.63. The van der Waals surface area contributed by atoms with Crippen molar-refractivity contribution in [2.24, 2.45) is 0 Å². The summed E-state index contributed by atoms with van der Waals surface area (Å²) in [6.07, 6.45) is 1.65. The summed E-state index contributed by atoms with van der Waals surface area (Å²) in [6.45, 7) is 3.44. The monoisotopic (exact) mass is 343 g/mol. The average Bonchev–Trinajstić information content (AvgIpc) is 3.20. The van der Waals surface area contributed by atoms with Crippen LogP contribution in [-0.2, 0) is 12.5 Å². The number of benzene rings is 1. The predicted molar refractivity (Wildman–Crippen MR) is 89.2 cm³/mol. The molecule has 9 heteroatoms. The molecule has 3 aromatic heterocycles. The zero-order chi connectivity index (χ0) is 17.8. The number of anilines is 1. The Balaban J connectivity index is 2.05. The minimum atomic E-state index is -3.04. The number of aromatic nitrogens is 6. The number of para-hydroxylation sites is 1. The van der Waals surface area contributed by atoms with Gasteiger partial charge in [-0.25, -0.2) is 18.7 Å². The second-order valence-corrected chi connectivity index (χ2v) is 5.76. The summed E-state index contributed by atoms with van der Waals surface area (Å²) in [5.41, 5.74) is 6.99. The Bertz CT molecular complexity index is 1090. The smallest absolute Gasteiger partial charge is 0.272 e. The molecule has 128 valence electrons. The standard InChI is InChI=1S/C16H15F2N7/c1-3-24-11(7-8-20-24)13-22-14-9-5-4-6-10(16(2,17)18)12(9)21-15(19)25(14)23-13/h4-8H,3H2,1-2H3,(H2,19,21). The summed E-state index contributed by atoms with van der Waals surface area (Å²) in [4.78, 5) is 8.65. The predicted octanol–water partition coefficient (Wildman–Crippen LogP) is 2.85. The summed E-state index contributed by atoms with van der Waals surface area (Å²) in [6, 6.07) is 6.37. The largest absolute Gasteiger partial charge is 0.368 e. The maximum Gasteiger partial charge on any atom is 0.272 e. The molecule has 0 spiro atoms. The molecule has 0 unspecified atom stereocenters. The van der Waals surface area contributed by atoms with E-state index >= 15 is 0 Å². The van der Waals surface area contributed by atoms with Gasteiger partial charge in [-0.05, 0) is 19.1 Å². The molecule has 0 saturated carbocycles. The SMILES string of the molecule is CCn1nccc1-c1nc2c3cccc(C(C)(F)F)c3nc(N)n2n1. The first-order valence-electron chi connectivity index (χ1n) is 7.75. The first-order chi connectivity index (χ1) is 11.9. The lowest BCUT2D eigenvalue weighted by Gasteiger charge is -2.13. The van der Waals surface area contributed by atoms with Gasteiger partial charge in [0, 0.05) is 30.6 Å². The lowest BCUT2D eigenvalue weighted by molar-refractivity contribution is 0.0189. The van der Waals surface area contributed by atoms with Gasteiger partial charge in [0.25, 0.3) is 5.92 Å². The maximum absolute atomic E-state index is 13.9. The van der Waals surface area contributed by atoms with E-state index in [1.54, 1.807) is 29.1 Å². The molecule has 0 atom stereocenters. The van der Waals surface area contributed by atoms with Gasteiger partial charge in [-0.1, -0.05) is 12.1 Å². The molecule has 0 amide bonds. The average molecular weight is 343 g/mol. The molecule has 1 aromatic carbocycles. The van der Waals surface area contributed by atoms with E-state index in [-0.39, 0.29) is 17.0 Å². The second kappa shape index (κ2) is 5.20. The fraction of sp³-hybridized carbons (Fsp3) is 0.250. The Morgan fingerprint density at radius 2 is 2.00 bits per heavy atom. The normalized spacial score (nSPS) is 12.3. The van der Waals surface area contributed by atoms with Crippen LogP contribution in [0.3, 0.4) is 0 Å². The number of nitrogens with zero attached hydrogens (tertiary/aromatic N) is 6. The van der Waals surface area contributed by atoms with Crippen LogP contribution in [0.4, 0.5) is 14.7 Å². The number of alkyl halides is 2. The van der Waals surface area contributed by atoms with Crippen LogP contribution in [0.5, 0.6) is 0 Å². The van der Waals surface area contributed by atoms with Gasteiger partial charge in [0.05, 0.1) is 5.52 Å². The molecule has 0 saturated heterocycles. The first kappa shape index (κ1) is 15.4. The molecule has 2 N–H and O–H groups in total. The molecule has 4 rings (SSSR count). The van der Waals surface area contributed by atoms with E-state index in [4.69, 9.17) is 5.73 Å². The van der Waals surface area contributed by atoms with E-state index in [1.165, 1.54) is 10.6 Å². The minimum absolute atomic E-state index is 0.000476. The van der Waals surface area contributed by atoms with Crippen LogP contribution >= 0.6 is 0 Å². The fourth-order valence-electron chi connectivity index (χ4n) is 2.89. The number of hydrogen-bond donors (Lipinski definition) is 1. The van der Waals surface area contributed by atoms with Crippen LogP contribution in [0.2, 0.25) is 0 Å². The van der Waals surface area contributed by atoms with E-state index in [9.17, 15) is 8.78 Å². The third kappa shape index (κ3) is 2.31. The Kier molecular flexibility index (Phi) is 3.21. The quantitative estimate of drug-likeness (QED) is 0.618. The molecule has 0 radical (unpaired) electrons. The highest BCUT2D eigenvalue weighted by Crippen LogP contribution is 2.34. The number of fused-ring (bicyclic) bond motifs is 3. The van der Waals surface area contributed by atoms with Crippen molar-refractivity contribution in [2.75, 3.05) is 5.73 Å². The van der Waals surface area contributed by atoms with Crippen LogP contribution in [0, 0.1) is 0 Å². The lowest BCUT2D eigenvalue weighted by atomic mass is 10.1. The number of halogens is 2. The molecule has 0 aliphatic rings. The van der Waals surface area contributed by atoms with Crippen molar-refractivity contribution in [1.82, 2.24) is 29.4 Å². The number of nitrogens with two attached hydrogens (primary N) is 1. The third-order valence-corrected chi connectivity index (χ3v) is 4.05. The number of aryl methyl sites for hydroxylation is 1. The van der Waals surface area contributed by atoms with Crippen molar-refractivity contribution in [3.63, 3.8) is 0 Å². The Labute approximate surface area is 141 Å². The maximum atomic E-state index is 13.9. The second-order valence-electron chi connectivity index (χ2n) is 5.76. The zero-order valence-electron chi connectivity index (χ0n) is 13.6. The number of hydrogen-bond acceptors (Lipinski definition) is 5. The van der Waals surface area contributed by atoms with Crippen molar-refractivity contribution >= 4 is 22.5 Å². The van der Waals surface area contributed by atoms with E-state index in [0.717, 1.165) is 12.6 Å². The molecule has 0 aliphatic heterocycles. The van der Waals surface area contributed by atoms with Crippen LogP contribution in [0.1, 0.15) is 19.4 Å². The van der Waals surface area contributed by atoms with Crippen molar-refractivity contribution in [3.05, 3.63) is 36.0 Å². The van der Waals surface area contributed by atoms with Gasteiger partial charge in [0.2, 0.25) is 11.8 Å². The molecule has 0 fully saturated rings. The van der Waals surface area contributed by atoms with Gasteiger partial charge in [-0.3, -0.25) is 4.68 Å². The van der Waals surface area contributed by atoms with Gasteiger partial charge in [0.1, 0.15) is 5.69 Å². The highest BCUT2D eigenvalue weighted by molar-refractivity contribution is 5.95. The summed E-state index contributed by atoms with van der Waals surface area (Å²) >= 11 is 0. The van der Waals surface area contributed by atoms with Gasteiger partial charge in [-0.15, -0.1) is 5.10 Å². The van der Waals surface area contributed by atoms with E-state index in [1.807, 2.05) is 6.92 Å². The third-order valence-electron chi connectivity index (χ3n) is 4.05. The Morgan fingerprint density at radius 3 is 2.72 bits per heavy atom. The van der Waals surface area contributed by atoms with Gasteiger partial charge in [-0.2, -0.15) is 9.61 Å². The van der Waals surface area contributed by atoms with E-state index in [2.05, 4.69) is 20.2 Å². The number of nitrogen functional groups attached to an aromatic ring is 1. The molecule has 0 bridgehead atoms. The van der Waals surface area contributed by atoms with Gasteiger partial charge < -0.3 is 5.73 Å². The van der Waals surface area contributed by atoms with Crippen molar-refractivity contribution < 1.29 is 8.78 Å². The summed E-state index contributed by atoms with van der Waals surface area (Å²) in [7, 11) is 0. The highest BCUT2D eigenvalue weighted by atomic mass is 19.3. The van der Waals surface area contributed by atoms with Crippen LogP contribution < -0.4 is 5.73 Å². The summed E-state index contributed by atoms with van der Waals surface area (Å²) < 4.78 is 30.9. The Morgan fingerprint density at radius 1 is 1.20 bits per heavy atom. The topological polar surface area (TPSA) is 86.9 Å². The molecule has 4 aromatic rings. The molecular weight excluding hydrogens is 328 g/mol. The number of rotatable bonds is 3. The fourth-order valence-corrected chi connectivity index (χ4v) is 2.89. The zero-order valence-corrected chi connectivity index (χ0v) is 13.6. The van der Waals surface area contributed by atoms with Crippen LogP contribution in [0.15, 0.2) is 30.5 Å². The van der Waals surface area contributed by atoms with E-state index < -0.39 is 5.92 Å². The molecule has 0 aliphatic carbocycles. The van der Waals surface area contributed by atoms with Crippen molar-refractivity contribution in [2.45, 2.75) is 26.3 Å². The van der Waals surface area contributed by atoms with Crippen molar-refractivity contribution in [3.8, 4) is 11.5 Å². The summed E-state index contributed by atoms with van der Waals surface area (Å²) in [5, 5.41) is 9.04. The first-order valence-corrected chi connectivity index (χ1v) is 7.75. The van der Waals surface area contributed by atoms with Crippen LogP contribution in [-0.4, -0.2) is 29.4 Å². The molecule has 25 heavy (non-hydrogen) atoms. The van der Waals surface area contributed by atoms with Gasteiger partial charge in [0.15, 0.2) is 5.65 Å². The minimum Gasteiger partial charge on any atom is -0.368 e. The molecule has 3 heterocycles. The van der Waals surface area contributed by atoms with Gasteiger partial charge >= 0.3 is 0 Å². The highest BCUT2D eigenvalue weighted by Gasteiger charge is 2.28. The molecular formula is C16H15F2N7. The van der Waals surface area contributed by atoms with Crippen LogP contribution in [0.25, 0.3) is 28.1 Å². The van der Waals surface area contributed by atoms with Crippen molar-refractivity contribution in [1.29, 1.82) is 0 Å². The van der Waals surface area contributed by atoms with E-state index in [0.29, 0.717) is 23.4 Å². The lowest BCUT2D eigenvalue weighted by Crippen LogP contribution is -2.10.